The fraction of sp³-hybridized carbons (Fsp3) is 0.571. The predicted octanol–water partition coefficient (Wildman–Crippen LogP) is 6.88. The number of piperidine rings is 1. The molecule has 1 spiro atoms. The van der Waals surface area contributed by atoms with Gasteiger partial charge >= 0.3 is 0 Å². The second kappa shape index (κ2) is 9.66. The summed E-state index contributed by atoms with van der Waals surface area (Å²) in [5.41, 5.74) is 6.38. The van der Waals surface area contributed by atoms with Gasteiger partial charge in [0.1, 0.15) is 0 Å². The molecule has 2 nitrogen and oxygen atoms in total. The largest absolute Gasteiger partial charge is 0.313 e. The van der Waals surface area contributed by atoms with Gasteiger partial charge in [0, 0.05) is 16.5 Å². The minimum atomic E-state index is 0.0724. The number of likely N-dealkylation sites (tertiary alicyclic amines) is 1. The maximum Gasteiger partial charge on any atom is 0.0329 e. The molecule has 1 saturated heterocycles. The number of benzene rings is 2. The SMILES string of the molecule is CC.CC.CNC(C)(C)C(C)(C)N1CCC2(CC1)c1ccccc1-c1ccccc12. The fourth-order valence-corrected chi connectivity index (χ4v) is 5.10. The summed E-state index contributed by atoms with van der Waals surface area (Å²) in [7, 11) is 2.08. The topological polar surface area (TPSA) is 15.3 Å². The molecular formula is C28H44N2. The van der Waals surface area contributed by atoms with E-state index in [-0.39, 0.29) is 16.5 Å². The lowest BCUT2D eigenvalue weighted by molar-refractivity contribution is 0.0150. The summed E-state index contributed by atoms with van der Waals surface area (Å²) in [5, 5.41) is 3.53. The van der Waals surface area contributed by atoms with Crippen LogP contribution in [0, 0.1) is 0 Å². The second-order valence-corrected chi connectivity index (χ2v) is 9.09. The van der Waals surface area contributed by atoms with E-state index < -0.39 is 0 Å². The van der Waals surface area contributed by atoms with E-state index >= 15 is 0 Å². The van der Waals surface area contributed by atoms with Crippen molar-refractivity contribution in [3.8, 4) is 11.1 Å². The molecule has 1 fully saturated rings. The Morgan fingerprint density at radius 1 is 0.733 bits per heavy atom. The molecule has 1 aliphatic heterocycles. The van der Waals surface area contributed by atoms with Crippen molar-refractivity contribution < 1.29 is 0 Å². The molecule has 4 rings (SSSR count). The predicted molar refractivity (Wildman–Crippen MR) is 133 cm³/mol. The molecule has 0 radical (unpaired) electrons. The van der Waals surface area contributed by atoms with E-state index in [1.807, 2.05) is 27.7 Å². The zero-order valence-electron chi connectivity index (χ0n) is 20.9. The molecule has 166 valence electrons. The molecule has 30 heavy (non-hydrogen) atoms. The molecule has 2 aromatic carbocycles. The van der Waals surface area contributed by atoms with E-state index in [4.69, 9.17) is 0 Å². The minimum absolute atomic E-state index is 0.0724. The van der Waals surface area contributed by atoms with Gasteiger partial charge in [0.15, 0.2) is 0 Å². The molecule has 0 unspecified atom stereocenters. The fourth-order valence-electron chi connectivity index (χ4n) is 5.10. The number of rotatable bonds is 3. The summed E-state index contributed by atoms with van der Waals surface area (Å²) in [4.78, 5) is 2.69. The van der Waals surface area contributed by atoms with Crippen LogP contribution in [0.1, 0.15) is 79.4 Å². The monoisotopic (exact) mass is 408 g/mol. The quantitative estimate of drug-likeness (QED) is 0.595. The van der Waals surface area contributed by atoms with Gasteiger partial charge in [-0.2, -0.15) is 0 Å². The molecule has 0 atom stereocenters. The van der Waals surface area contributed by atoms with Gasteiger partial charge in [0.2, 0.25) is 0 Å². The average Bonchev–Trinajstić information content (AvgIpc) is 3.07. The van der Waals surface area contributed by atoms with Crippen LogP contribution in [0.5, 0.6) is 0 Å². The van der Waals surface area contributed by atoms with Crippen LogP contribution in [0.15, 0.2) is 48.5 Å². The Hall–Kier alpha value is -1.64. The first-order valence-corrected chi connectivity index (χ1v) is 12.0. The molecular weight excluding hydrogens is 364 g/mol. The van der Waals surface area contributed by atoms with Crippen molar-refractivity contribution in [3.63, 3.8) is 0 Å². The number of nitrogens with zero attached hydrogens (tertiary/aromatic N) is 1. The highest BCUT2D eigenvalue weighted by Gasteiger charge is 2.49. The van der Waals surface area contributed by atoms with Gasteiger partial charge in [-0.3, -0.25) is 4.90 Å². The Bertz CT molecular complexity index is 763. The average molecular weight is 409 g/mol. The highest BCUT2D eigenvalue weighted by molar-refractivity contribution is 5.81. The van der Waals surface area contributed by atoms with Crippen molar-refractivity contribution in [2.75, 3.05) is 20.1 Å². The van der Waals surface area contributed by atoms with Crippen molar-refractivity contribution in [2.24, 2.45) is 0 Å². The molecule has 1 N–H and O–H groups in total. The van der Waals surface area contributed by atoms with E-state index in [0.29, 0.717) is 0 Å². The number of likely N-dealkylation sites (N-methyl/N-ethyl adjacent to an activating group) is 1. The first kappa shape index (κ1) is 24.6. The zero-order valence-corrected chi connectivity index (χ0v) is 20.9. The van der Waals surface area contributed by atoms with E-state index in [1.165, 1.54) is 24.0 Å². The summed E-state index contributed by atoms with van der Waals surface area (Å²) >= 11 is 0. The highest BCUT2D eigenvalue weighted by atomic mass is 15.2. The van der Waals surface area contributed by atoms with E-state index in [0.717, 1.165) is 13.1 Å². The van der Waals surface area contributed by atoms with Gasteiger partial charge in [0.25, 0.3) is 0 Å². The van der Waals surface area contributed by atoms with E-state index in [9.17, 15) is 0 Å². The van der Waals surface area contributed by atoms with Crippen molar-refractivity contribution in [1.29, 1.82) is 0 Å². The van der Waals surface area contributed by atoms with Crippen molar-refractivity contribution in [1.82, 2.24) is 10.2 Å². The standard InChI is InChI=1S/C24H32N2.2C2H6/c1-22(2,25-5)23(3,4)26-16-14-24(15-17-26)20-12-8-6-10-18(20)19-11-7-9-13-21(19)24;2*1-2/h6-13,25H,14-17H2,1-5H3;2*1-2H3. The molecule has 2 aromatic rings. The van der Waals surface area contributed by atoms with Crippen LogP contribution in [0.3, 0.4) is 0 Å². The lowest BCUT2D eigenvalue weighted by Gasteiger charge is -2.53. The van der Waals surface area contributed by atoms with Crippen LogP contribution in [-0.2, 0) is 5.41 Å². The van der Waals surface area contributed by atoms with Crippen molar-refractivity contribution >= 4 is 0 Å². The van der Waals surface area contributed by atoms with Gasteiger partial charge in [-0.05, 0) is 82.9 Å². The molecule has 0 aromatic heterocycles. The molecule has 1 heterocycles. The number of fused-ring (bicyclic) bond motifs is 5. The Kier molecular flexibility index (Phi) is 7.93. The zero-order chi connectivity index (χ0) is 22.6. The van der Waals surface area contributed by atoms with Crippen LogP contribution in [0.2, 0.25) is 0 Å². The third kappa shape index (κ3) is 3.85. The number of hydrogen-bond donors (Lipinski definition) is 1. The summed E-state index contributed by atoms with van der Waals surface area (Å²) in [6, 6.07) is 18.2. The lowest BCUT2D eigenvalue weighted by Crippen LogP contribution is -2.65. The smallest absolute Gasteiger partial charge is 0.0329 e. The Labute approximate surface area is 186 Å². The lowest BCUT2D eigenvalue weighted by atomic mass is 9.69. The number of hydrogen-bond acceptors (Lipinski definition) is 2. The van der Waals surface area contributed by atoms with Crippen LogP contribution in [0.25, 0.3) is 11.1 Å². The molecule has 2 heteroatoms. The molecule has 0 bridgehead atoms. The normalized spacial score (nSPS) is 17.2. The summed E-state index contributed by atoms with van der Waals surface area (Å²) in [6.07, 6.45) is 2.40. The highest BCUT2D eigenvalue weighted by Crippen LogP contribution is 2.54. The van der Waals surface area contributed by atoms with Gasteiger partial charge in [-0.15, -0.1) is 0 Å². The first-order valence-electron chi connectivity index (χ1n) is 12.0. The molecule has 0 saturated carbocycles. The Morgan fingerprint density at radius 2 is 1.13 bits per heavy atom. The summed E-state index contributed by atoms with van der Waals surface area (Å²) in [5.74, 6) is 0. The van der Waals surface area contributed by atoms with Crippen LogP contribution in [-0.4, -0.2) is 36.1 Å². The van der Waals surface area contributed by atoms with E-state index in [1.54, 1.807) is 11.1 Å². The molecule has 2 aliphatic rings. The van der Waals surface area contributed by atoms with Crippen LogP contribution >= 0.6 is 0 Å². The maximum atomic E-state index is 3.53. The summed E-state index contributed by atoms with van der Waals surface area (Å²) in [6.45, 7) is 19.7. The van der Waals surface area contributed by atoms with Crippen LogP contribution in [0.4, 0.5) is 0 Å². The van der Waals surface area contributed by atoms with Gasteiger partial charge in [0.05, 0.1) is 0 Å². The van der Waals surface area contributed by atoms with E-state index in [2.05, 4.69) is 93.5 Å². The number of nitrogens with one attached hydrogen (secondary N) is 1. The van der Waals surface area contributed by atoms with Crippen molar-refractivity contribution in [2.45, 2.75) is 84.7 Å². The third-order valence-electron chi connectivity index (χ3n) is 7.74. The molecule has 1 aliphatic carbocycles. The van der Waals surface area contributed by atoms with Crippen molar-refractivity contribution in [3.05, 3.63) is 59.7 Å². The van der Waals surface area contributed by atoms with Crippen LogP contribution < -0.4 is 5.32 Å². The maximum absolute atomic E-state index is 3.53. The van der Waals surface area contributed by atoms with Gasteiger partial charge in [-0.25, -0.2) is 0 Å². The minimum Gasteiger partial charge on any atom is -0.313 e. The van der Waals surface area contributed by atoms with Gasteiger partial charge < -0.3 is 5.32 Å². The second-order valence-electron chi connectivity index (χ2n) is 9.09. The summed E-state index contributed by atoms with van der Waals surface area (Å²) < 4.78 is 0. The van der Waals surface area contributed by atoms with Gasteiger partial charge in [-0.1, -0.05) is 76.2 Å². The first-order chi connectivity index (χ1) is 14.3. The Balaban J connectivity index is 0.000000757. The Morgan fingerprint density at radius 3 is 1.53 bits per heavy atom. The molecule has 0 amide bonds. The third-order valence-corrected chi connectivity index (χ3v) is 7.74.